The van der Waals surface area contributed by atoms with Crippen LogP contribution in [0, 0.1) is 0 Å². The Morgan fingerprint density at radius 2 is 0.917 bits per heavy atom. The second-order valence-corrected chi connectivity index (χ2v) is 20.9. The molecule has 84 heavy (non-hydrogen) atoms. The molecule has 6 aromatic rings. The second-order valence-electron chi connectivity index (χ2n) is 18.4. The van der Waals surface area contributed by atoms with Gasteiger partial charge in [-0.3, -0.25) is 42.6 Å². The molecular weight excluding hydrogens is 1150 g/mol. The monoisotopic (exact) mass is 1210 g/mol. The summed E-state index contributed by atoms with van der Waals surface area (Å²) in [6.07, 6.45) is 7.26. The molecule has 2 fully saturated rings. The van der Waals surface area contributed by atoms with Crippen LogP contribution in [0.4, 0.5) is 0 Å². The van der Waals surface area contributed by atoms with Crippen molar-refractivity contribution in [2.24, 2.45) is 11.5 Å². The van der Waals surface area contributed by atoms with Crippen molar-refractivity contribution in [3.05, 3.63) is 108 Å². The van der Waals surface area contributed by atoms with Crippen LogP contribution in [0.15, 0.2) is 85.5 Å². The molecule has 0 radical (unpaired) electrons. The van der Waals surface area contributed by atoms with Crippen molar-refractivity contribution in [1.29, 1.82) is 0 Å². The van der Waals surface area contributed by atoms with Gasteiger partial charge in [0, 0.05) is 75.9 Å². The van der Waals surface area contributed by atoms with E-state index in [1.807, 2.05) is 12.1 Å². The molecular formula is C52H64N10O20P2. The van der Waals surface area contributed by atoms with E-state index in [0.717, 1.165) is 12.8 Å². The Morgan fingerprint density at radius 1 is 0.560 bits per heavy atom. The smallest absolute Gasteiger partial charge is 0.471 e. The van der Waals surface area contributed by atoms with Crippen molar-refractivity contribution < 1.29 is 95.4 Å². The first kappa shape index (κ1) is 65.0. The fourth-order valence-electron chi connectivity index (χ4n) is 8.89. The van der Waals surface area contributed by atoms with Crippen LogP contribution in [-0.2, 0) is 46.0 Å². The lowest BCUT2D eigenvalue weighted by Gasteiger charge is -2.34. The average molecular weight is 1210 g/mol. The molecule has 0 bridgehead atoms. The maximum atomic E-state index is 13.4. The molecule has 4 amide bonds. The summed E-state index contributed by atoms with van der Waals surface area (Å²) in [5.41, 5.74) is 11.7. The predicted molar refractivity (Wildman–Crippen MR) is 297 cm³/mol. The van der Waals surface area contributed by atoms with Gasteiger partial charge in [-0.2, -0.15) is 0 Å². The van der Waals surface area contributed by atoms with Gasteiger partial charge in [0.05, 0.1) is 62.7 Å². The Balaban J connectivity index is 0.000000232. The predicted octanol–water partition coefficient (Wildman–Crippen LogP) is 2.10. The number of Topliss-reactive ketones (excluding diaryl/α,β-unsaturated/α-hetero) is 2. The molecule has 2 aromatic carbocycles. The highest BCUT2D eigenvalue weighted by Crippen LogP contribution is 2.41. The first-order chi connectivity index (χ1) is 40.0. The van der Waals surface area contributed by atoms with E-state index in [4.69, 9.17) is 55.1 Å². The number of pyridine rings is 2. The minimum absolute atomic E-state index is 0.0321. The van der Waals surface area contributed by atoms with E-state index >= 15 is 0 Å². The number of hydrogen-bond donors (Lipinski definition) is 7. The molecule has 9 N–H and O–H groups in total. The van der Waals surface area contributed by atoms with Crippen molar-refractivity contribution >= 4 is 78.6 Å². The Bertz CT molecular complexity index is 3220. The zero-order valence-corrected chi connectivity index (χ0v) is 47.8. The summed E-state index contributed by atoms with van der Waals surface area (Å²) in [6, 6.07) is 16.8. The summed E-state index contributed by atoms with van der Waals surface area (Å²) in [4.78, 5) is 139. The van der Waals surface area contributed by atoms with E-state index in [1.54, 1.807) is 58.3 Å². The summed E-state index contributed by atoms with van der Waals surface area (Å²) in [5.74, 6) is -4.19. The zero-order valence-electron chi connectivity index (χ0n) is 46.0. The molecule has 2 saturated heterocycles. The van der Waals surface area contributed by atoms with E-state index in [-0.39, 0.29) is 120 Å². The lowest BCUT2D eigenvalue weighted by Crippen LogP contribution is -2.52. The lowest BCUT2D eigenvalue weighted by molar-refractivity contribution is -0.138. The van der Waals surface area contributed by atoms with Gasteiger partial charge in [0.15, 0.2) is 0 Å². The number of amides is 4. The van der Waals surface area contributed by atoms with Crippen molar-refractivity contribution in [3.63, 3.8) is 0 Å². The van der Waals surface area contributed by atoms with Crippen LogP contribution in [-0.4, -0.2) is 198 Å². The van der Waals surface area contributed by atoms with Crippen LogP contribution in [0.1, 0.15) is 60.7 Å². The molecule has 1 atom stereocenters. The van der Waals surface area contributed by atoms with Crippen LogP contribution in [0.25, 0.3) is 21.8 Å². The molecule has 4 aromatic heterocycles. The summed E-state index contributed by atoms with van der Waals surface area (Å²) < 4.78 is 55.3. The molecule has 2 aliphatic heterocycles. The number of ketones is 2. The number of carbonyl (C=O) groups is 7. The molecule has 30 nitrogen and oxygen atoms in total. The van der Waals surface area contributed by atoms with Crippen molar-refractivity contribution in [2.45, 2.75) is 38.8 Å². The highest BCUT2D eigenvalue weighted by atomic mass is 31.2. The largest absolute Gasteiger partial charge is 0.494 e. The van der Waals surface area contributed by atoms with Crippen molar-refractivity contribution in [3.8, 4) is 23.3 Å². The quantitative estimate of drug-likeness (QED) is 0.0235. The van der Waals surface area contributed by atoms with Crippen molar-refractivity contribution in [1.82, 2.24) is 38.7 Å². The van der Waals surface area contributed by atoms with E-state index in [9.17, 15) is 42.7 Å². The van der Waals surface area contributed by atoms with Crippen LogP contribution in [0.3, 0.4) is 0 Å². The molecule has 0 aliphatic carbocycles. The second kappa shape index (κ2) is 29.4. The van der Waals surface area contributed by atoms with Gasteiger partial charge in [0.1, 0.15) is 42.0 Å². The van der Waals surface area contributed by atoms with Crippen molar-refractivity contribution in [2.75, 3.05) is 87.3 Å². The number of piperazine rings is 2. The fraction of sp³-hybridized carbons (Fsp3) is 0.365. The number of unbranched alkanes of at least 4 members (excludes halogenated alkanes) is 1. The Labute approximate surface area is 479 Å². The topological polar surface area (TPSA) is 411 Å². The number of rotatable bonds is 21. The van der Waals surface area contributed by atoms with E-state index < -0.39 is 64.5 Å². The third-order valence-electron chi connectivity index (χ3n) is 13.1. The minimum atomic E-state index is -4.85. The number of phosphoric acid groups is 2. The number of phosphoric ester groups is 2. The first-order valence-corrected chi connectivity index (χ1v) is 28.7. The van der Waals surface area contributed by atoms with Crippen LogP contribution >= 0.6 is 15.6 Å². The number of carboxylic acids is 1. The third-order valence-corrected chi connectivity index (χ3v) is 14.0. The number of aromatic nitrogens is 4. The number of nitrogens with zero attached hydrogens (tertiary/aromatic N) is 8. The summed E-state index contributed by atoms with van der Waals surface area (Å²) >= 11 is 0. The standard InChI is InChI=1S/2C23H25N4O9P.C6H14N2O2/c2*1-34-17-12-24-21(35-2)19-18(17)16(13-27(19)14-36-37(31,32)33)20(28)23(30)26-10-8-25(9-11-26)22(29)15-6-4-3-5-7-15;7-4-2-1-3-5(8)6(9)10/h2*3-7,12-13H,8-11,14H2,1-2H3,(H2,31,32,33);5H,1-4,7-8H2,(H,9,10). The van der Waals surface area contributed by atoms with Crippen LogP contribution in [0.5, 0.6) is 23.3 Å². The number of ether oxygens (including phenoxy) is 4. The molecule has 452 valence electrons. The van der Waals surface area contributed by atoms with Gasteiger partial charge in [-0.1, -0.05) is 42.8 Å². The number of carboxylic acid groups (broad SMARTS) is 1. The van der Waals surface area contributed by atoms with Gasteiger partial charge in [-0.25, -0.2) is 19.1 Å². The molecule has 8 rings (SSSR count). The maximum absolute atomic E-state index is 13.4. The minimum Gasteiger partial charge on any atom is -0.494 e. The summed E-state index contributed by atoms with van der Waals surface area (Å²) in [6.45, 7) is 0.967. The zero-order chi connectivity index (χ0) is 61.5. The molecule has 0 saturated carbocycles. The lowest BCUT2D eigenvalue weighted by atomic mass is 10.1. The summed E-state index contributed by atoms with van der Waals surface area (Å²) in [5, 5.41) is 8.69. The molecule has 6 heterocycles. The number of aliphatic carboxylic acids is 1. The number of hydrogen-bond acceptors (Lipinski definition) is 19. The average Bonchev–Trinajstić information content (AvgIpc) is 1.99. The number of nitrogens with two attached hydrogens (primary N) is 2. The fourth-order valence-corrected chi connectivity index (χ4v) is 9.44. The number of benzene rings is 2. The number of methoxy groups -OCH3 is 4. The van der Waals surface area contributed by atoms with Gasteiger partial charge in [0.25, 0.3) is 35.2 Å². The van der Waals surface area contributed by atoms with Gasteiger partial charge >= 0.3 is 21.6 Å². The molecule has 32 heteroatoms. The van der Waals surface area contributed by atoms with E-state index in [1.165, 1.54) is 72.2 Å². The molecule has 0 spiro atoms. The highest BCUT2D eigenvalue weighted by molar-refractivity contribution is 7.46. The Kier molecular flexibility index (Phi) is 22.7. The third kappa shape index (κ3) is 16.3. The van der Waals surface area contributed by atoms with Crippen LogP contribution < -0.4 is 30.4 Å². The Hall–Kier alpha value is -8.15. The first-order valence-electron chi connectivity index (χ1n) is 25.6. The summed E-state index contributed by atoms with van der Waals surface area (Å²) in [7, 11) is -4.33. The SMILES string of the molecule is COc1cnc(OC)c2c1c(C(=O)C(=O)N1CCN(C(=O)c3ccccc3)CC1)cn2COP(=O)(O)O.COc1cnc(OC)c2c1c(C(=O)C(=O)N1CCN(C(=O)c3ccccc3)CC1)cn2COP(=O)(O)O.NCCCCC(N)C(=O)O. The van der Waals surface area contributed by atoms with Gasteiger partial charge < -0.3 is 83.8 Å². The van der Waals surface area contributed by atoms with E-state index in [2.05, 4.69) is 19.0 Å². The molecule has 2 aliphatic rings. The number of carbonyl (C=O) groups excluding carboxylic acids is 6. The Morgan fingerprint density at radius 3 is 1.23 bits per heavy atom. The number of fused-ring (bicyclic) bond motifs is 2. The van der Waals surface area contributed by atoms with E-state index in [0.29, 0.717) is 24.1 Å². The highest BCUT2D eigenvalue weighted by Gasteiger charge is 2.35. The van der Waals surface area contributed by atoms with Gasteiger partial charge in [-0.15, -0.1) is 0 Å². The van der Waals surface area contributed by atoms with Gasteiger partial charge in [0.2, 0.25) is 11.8 Å². The molecule has 1 unspecified atom stereocenters. The van der Waals surface area contributed by atoms with Crippen LogP contribution in [0.2, 0.25) is 0 Å². The normalized spacial score (nSPS) is 13.9. The maximum Gasteiger partial charge on any atom is 0.471 e. The van der Waals surface area contributed by atoms with Gasteiger partial charge in [-0.05, 0) is 43.7 Å².